The zero-order valence-electron chi connectivity index (χ0n) is 16.2. The predicted molar refractivity (Wildman–Crippen MR) is 102 cm³/mol. The van der Waals surface area contributed by atoms with Crippen LogP contribution in [0, 0.1) is 0 Å². The van der Waals surface area contributed by atoms with Gasteiger partial charge in [0.25, 0.3) is 5.91 Å². The van der Waals surface area contributed by atoms with Crippen molar-refractivity contribution in [2.75, 3.05) is 5.32 Å². The van der Waals surface area contributed by atoms with Crippen molar-refractivity contribution in [1.82, 2.24) is 0 Å². The molecule has 0 unspecified atom stereocenters. The molecule has 0 aromatic heterocycles. The number of hydrogen-bond donors (Lipinski definition) is 1. The standard InChI is InChI=1S/C21H22F3NO4/c1-4-13(2)17-7-5-6-8-18(17)25-19(26)14(3)28-20(27)15-9-11-16(12-10-15)29-21(22,23)24/h5-14H,4H2,1-3H3,(H,25,26)/t13-,14+/m0/s1. The van der Waals surface area contributed by atoms with Gasteiger partial charge >= 0.3 is 12.3 Å². The molecule has 0 saturated carbocycles. The lowest BCUT2D eigenvalue weighted by atomic mass is 9.97. The number of alkyl halides is 3. The molecule has 0 heterocycles. The Morgan fingerprint density at radius 2 is 1.66 bits per heavy atom. The number of ether oxygens (including phenoxy) is 2. The van der Waals surface area contributed by atoms with E-state index in [0.717, 1.165) is 36.2 Å². The Bertz CT molecular complexity index is 850. The zero-order chi connectivity index (χ0) is 21.6. The van der Waals surface area contributed by atoms with Crippen molar-refractivity contribution < 1.29 is 32.2 Å². The lowest BCUT2D eigenvalue weighted by molar-refractivity contribution is -0.274. The summed E-state index contributed by atoms with van der Waals surface area (Å²) < 4.78 is 45.4. The lowest BCUT2D eigenvalue weighted by Crippen LogP contribution is -2.30. The van der Waals surface area contributed by atoms with Crippen LogP contribution in [0.4, 0.5) is 18.9 Å². The van der Waals surface area contributed by atoms with Crippen LogP contribution in [0.25, 0.3) is 0 Å². The number of carbonyl (C=O) groups excluding carboxylic acids is 2. The molecule has 2 aromatic carbocycles. The number of amides is 1. The van der Waals surface area contributed by atoms with Crippen LogP contribution in [0.3, 0.4) is 0 Å². The maximum atomic E-state index is 12.4. The largest absolute Gasteiger partial charge is 0.573 e. The van der Waals surface area contributed by atoms with E-state index < -0.39 is 30.1 Å². The molecule has 2 rings (SSSR count). The summed E-state index contributed by atoms with van der Waals surface area (Å²) in [6.07, 6.45) is -5.02. The van der Waals surface area contributed by atoms with E-state index in [-0.39, 0.29) is 11.5 Å². The lowest BCUT2D eigenvalue weighted by Gasteiger charge is -2.18. The average molecular weight is 409 g/mol. The molecule has 0 bridgehead atoms. The van der Waals surface area contributed by atoms with Crippen molar-refractivity contribution in [1.29, 1.82) is 0 Å². The molecule has 2 aromatic rings. The Balaban J connectivity index is 2.00. The van der Waals surface area contributed by atoms with Crippen LogP contribution in [-0.4, -0.2) is 24.3 Å². The van der Waals surface area contributed by atoms with Gasteiger partial charge < -0.3 is 14.8 Å². The van der Waals surface area contributed by atoms with Gasteiger partial charge in [-0.15, -0.1) is 13.2 Å². The Kier molecular flexibility index (Phi) is 7.25. The van der Waals surface area contributed by atoms with Gasteiger partial charge in [-0.2, -0.15) is 0 Å². The van der Waals surface area contributed by atoms with Crippen molar-refractivity contribution in [3.8, 4) is 5.75 Å². The van der Waals surface area contributed by atoms with Crippen molar-refractivity contribution in [2.24, 2.45) is 0 Å². The van der Waals surface area contributed by atoms with Crippen LogP contribution in [0.15, 0.2) is 48.5 Å². The van der Waals surface area contributed by atoms with Crippen molar-refractivity contribution >= 4 is 17.6 Å². The average Bonchev–Trinajstić information content (AvgIpc) is 2.67. The van der Waals surface area contributed by atoms with Crippen LogP contribution >= 0.6 is 0 Å². The van der Waals surface area contributed by atoms with Crippen LogP contribution in [0.2, 0.25) is 0 Å². The monoisotopic (exact) mass is 409 g/mol. The first-order valence-corrected chi connectivity index (χ1v) is 9.07. The van der Waals surface area contributed by atoms with E-state index in [0.29, 0.717) is 5.69 Å². The number of para-hydroxylation sites is 1. The highest BCUT2D eigenvalue weighted by atomic mass is 19.4. The van der Waals surface area contributed by atoms with Crippen LogP contribution in [0.5, 0.6) is 5.75 Å². The number of esters is 1. The molecule has 8 heteroatoms. The smallest absolute Gasteiger partial charge is 0.449 e. The molecular formula is C21H22F3NO4. The van der Waals surface area contributed by atoms with E-state index in [1.807, 2.05) is 26.0 Å². The number of carbonyl (C=O) groups is 2. The van der Waals surface area contributed by atoms with Crippen molar-refractivity contribution in [3.05, 3.63) is 59.7 Å². The van der Waals surface area contributed by atoms with Crippen molar-refractivity contribution in [3.63, 3.8) is 0 Å². The summed E-state index contributed by atoms with van der Waals surface area (Å²) in [7, 11) is 0. The normalized spacial score (nSPS) is 13.3. The third kappa shape index (κ3) is 6.51. The van der Waals surface area contributed by atoms with Gasteiger partial charge in [-0.25, -0.2) is 4.79 Å². The number of anilines is 1. The fourth-order valence-corrected chi connectivity index (χ4v) is 2.57. The second-order valence-corrected chi connectivity index (χ2v) is 6.51. The molecule has 2 atom stereocenters. The number of halogens is 3. The highest BCUT2D eigenvalue weighted by Gasteiger charge is 2.31. The van der Waals surface area contributed by atoms with E-state index in [4.69, 9.17) is 4.74 Å². The minimum Gasteiger partial charge on any atom is -0.449 e. The maximum absolute atomic E-state index is 12.4. The zero-order valence-corrected chi connectivity index (χ0v) is 16.2. The highest BCUT2D eigenvalue weighted by Crippen LogP contribution is 2.27. The van der Waals surface area contributed by atoms with E-state index in [9.17, 15) is 22.8 Å². The second-order valence-electron chi connectivity index (χ2n) is 6.51. The Morgan fingerprint density at radius 3 is 2.24 bits per heavy atom. The summed E-state index contributed by atoms with van der Waals surface area (Å²) in [6, 6.07) is 11.6. The van der Waals surface area contributed by atoms with Gasteiger partial charge in [0, 0.05) is 5.69 Å². The van der Waals surface area contributed by atoms with E-state index in [1.54, 1.807) is 12.1 Å². The van der Waals surface area contributed by atoms with Gasteiger partial charge in [0.15, 0.2) is 6.10 Å². The summed E-state index contributed by atoms with van der Waals surface area (Å²) >= 11 is 0. The molecule has 0 saturated heterocycles. The van der Waals surface area contributed by atoms with Crippen molar-refractivity contribution in [2.45, 2.75) is 45.6 Å². The van der Waals surface area contributed by atoms with Gasteiger partial charge in [0.05, 0.1) is 5.56 Å². The highest BCUT2D eigenvalue weighted by molar-refractivity contribution is 5.97. The number of hydrogen-bond acceptors (Lipinski definition) is 4. The number of rotatable bonds is 7. The molecule has 0 aliphatic heterocycles. The van der Waals surface area contributed by atoms with Gasteiger partial charge in [0.1, 0.15) is 5.75 Å². The fraction of sp³-hybridized carbons (Fsp3) is 0.333. The molecule has 5 nitrogen and oxygen atoms in total. The minimum absolute atomic E-state index is 0.000759. The van der Waals surface area contributed by atoms with Crippen LogP contribution in [0.1, 0.15) is 49.0 Å². The molecule has 0 spiro atoms. The molecule has 29 heavy (non-hydrogen) atoms. The Hall–Kier alpha value is -3.03. The number of benzene rings is 2. The van der Waals surface area contributed by atoms with Crippen LogP contribution < -0.4 is 10.1 Å². The third-order valence-corrected chi connectivity index (χ3v) is 4.34. The fourth-order valence-electron chi connectivity index (χ4n) is 2.57. The molecule has 0 aliphatic rings. The van der Waals surface area contributed by atoms with Gasteiger partial charge in [-0.1, -0.05) is 32.0 Å². The molecule has 0 fully saturated rings. The Labute approximate surface area is 166 Å². The second kappa shape index (κ2) is 9.45. The molecule has 156 valence electrons. The Morgan fingerprint density at radius 1 is 1.03 bits per heavy atom. The molecular weight excluding hydrogens is 387 g/mol. The summed E-state index contributed by atoms with van der Waals surface area (Å²) in [5.74, 6) is -1.56. The SMILES string of the molecule is CC[C@H](C)c1ccccc1NC(=O)[C@@H](C)OC(=O)c1ccc(OC(F)(F)F)cc1. The molecule has 0 aliphatic carbocycles. The first-order valence-electron chi connectivity index (χ1n) is 9.07. The summed E-state index contributed by atoms with van der Waals surface area (Å²) in [6.45, 7) is 5.50. The first-order chi connectivity index (χ1) is 13.6. The van der Waals surface area contributed by atoms with Gasteiger partial charge in [0.2, 0.25) is 0 Å². The van der Waals surface area contributed by atoms with E-state index >= 15 is 0 Å². The summed E-state index contributed by atoms with van der Waals surface area (Å²) in [5.41, 5.74) is 1.62. The number of nitrogens with one attached hydrogen (secondary N) is 1. The van der Waals surface area contributed by atoms with Gasteiger partial charge in [-0.3, -0.25) is 4.79 Å². The summed E-state index contributed by atoms with van der Waals surface area (Å²) in [5, 5.41) is 2.76. The quantitative estimate of drug-likeness (QED) is 0.632. The molecule has 1 amide bonds. The van der Waals surface area contributed by atoms with E-state index in [2.05, 4.69) is 10.1 Å². The van der Waals surface area contributed by atoms with E-state index in [1.165, 1.54) is 6.92 Å². The third-order valence-electron chi connectivity index (χ3n) is 4.34. The van der Waals surface area contributed by atoms with Crippen LogP contribution in [-0.2, 0) is 9.53 Å². The summed E-state index contributed by atoms with van der Waals surface area (Å²) in [4.78, 5) is 24.6. The molecule has 1 N–H and O–H groups in total. The first kappa shape index (κ1) is 22.3. The topological polar surface area (TPSA) is 64.6 Å². The predicted octanol–water partition coefficient (Wildman–Crippen LogP) is 5.28. The maximum Gasteiger partial charge on any atom is 0.573 e. The molecule has 0 radical (unpaired) electrons. The van der Waals surface area contributed by atoms with Gasteiger partial charge in [-0.05, 0) is 55.2 Å². The minimum atomic E-state index is -4.82.